The van der Waals surface area contributed by atoms with E-state index in [2.05, 4.69) is 5.32 Å². The van der Waals surface area contributed by atoms with Gasteiger partial charge in [0.15, 0.2) is 0 Å². The Labute approximate surface area is 162 Å². The standard InChI is InChI=1S/C21H33NO5/c1-7-22-10-11-25-12-13-26-20(24)27-19-16(3)9-8-15(2)18(19)21(5,6)14-17(4)23/h8-9,22H,7,10-14H2,1-6H3. The molecule has 0 aromatic heterocycles. The van der Waals surface area contributed by atoms with E-state index in [0.717, 1.165) is 29.8 Å². The molecule has 0 radical (unpaired) electrons. The largest absolute Gasteiger partial charge is 0.513 e. The molecule has 0 amide bonds. The molecule has 27 heavy (non-hydrogen) atoms. The number of benzene rings is 1. The highest BCUT2D eigenvalue weighted by molar-refractivity contribution is 5.78. The van der Waals surface area contributed by atoms with E-state index in [-0.39, 0.29) is 12.4 Å². The molecule has 0 aliphatic rings. The van der Waals surface area contributed by atoms with Crippen molar-refractivity contribution in [3.05, 3.63) is 28.8 Å². The monoisotopic (exact) mass is 379 g/mol. The van der Waals surface area contributed by atoms with Gasteiger partial charge in [0.1, 0.15) is 18.1 Å². The number of hydrogen-bond acceptors (Lipinski definition) is 6. The fraction of sp³-hybridized carbons (Fsp3) is 0.619. The molecule has 0 heterocycles. The van der Waals surface area contributed by atoms with Gasteiger partial charge in [-0.05, 0) is 38.4 Å². The molecule has 1 N–H and O–H groups in total. The van der Waals surface area contributed by atoms with Gasteiger partial charge in [-0.1, -0.05) is 32.9 Å². The van der Waals surface area contributed by atoms with Crippen LogP contribution in [-0.4, -0.2) is 44.8 Å². The average molecular weight is 379 g/mol. The predicted molar refractivity (Wildman–Crippen MR) is 106 cm³/mol. The van der Waals surface area contributed by atoms with Crippen molar-refractivity contribution >= 4 is 11.9 Å². The fourth-order valence-electron chi connectivity index (χ4n) is 3.19. The van der Waals surface area contributed by atoms with Crippen LogP contribution in [0.4, 0.5) is 4.79 Å². The minimum atomic E-state index is -0.765. The molecule has 6 heteroatoms. The van der Waals surface area contributed by atoms with Crippen LogP contribution in [0.3, 0.4) is 0 Å². The SMILES string of the molecule is CCNCCOCCOC(=O)Oc1c(C)ccc(C)c1C(C)(C)CC(C)=O. The molecule has 6 nitrogen and oxygen atoms in total. The van der Waals surface area contributed by atoms with Crippen molar-refractivity contribution in [1.29, 1.82) is 0 Å². The molecule has 0 aliphatic carbocycles. The third-order valence-electron chi connectivity index (χ3n) is 4.24. The lowest BCUT2D eigenvalue weighted by Gasteiger charge is -2.29. The molecule has 0 spiro atoms. The summed E-state index contributed by atoms with van der Waals surface area (Å²) in [5.74, 6) is 0.559. The Hall–Kier alpha value is -1.92. The van der Waals surface area contributed by atoms with Crippen molar-refractivity contribution in [1.82, 2.24) is 5.32 Å². The molecule has 0 aliphatic heterocycles. The summed E-state index contributed by atoms with van der Waals surface area (Å²) < 4.78 is 16.0. The van der Waals surface area contributed by atoms with E-state index in [9.17, 15) is 9.59 Å². The molecule has 1 rings (SSSR count). The zero-order chi connectivity index (χ0) is 20.4. The number of ketones is 1. The molecular weight excluding hydrogens is 346 g/mol. The first-order valence-electron chi connectivity index (χ1n) is 9.42. The molecule has 0 saturated carbocycles. The number of rotatable bonds is 11. The van der Waals surface area contributed by atoms with E-state index in [0.29, 0.717) is 25.4 Å². The zero-order valence-corrected chi connectivity index (χ0v) is 17.4. The van der Waals surface area contributed by atoms with Crippen molar-refractivity contribution in [2.24, 2.45) is 0 Å². The third-order valence-corrected chi connectivity index (χ3v) is 4.24. The Balaban J connectivity index is 2.75. The number of Topliss-reactive ketones (excluding diaryl/α,β-unsaturated/α-hetero) is 1. The van der Waals surface area contributed by atoms with Gasteiger partial charge < -0.3 is 19.5 Å². The molecule has 152 valence electrons. The van der Waals surface area contributed by atoms with E-state index in [4.69, 9.17) is 14.2 Å². The van der Waals surface area contributed by atoms with Gasteiger partial charge in [-0.3, -0.25) is 4.79 Å². The van der Waals surface area contributed by atoms with E-state index >= 15 is 0 Å². The number of carbonyl (C=O) groups is 2. The van der Waals surface area contributed by atoms with Gasteiger partial charge in [0.2, 0.25) is 0 Å². The first-order chi connectivity index (χ1) is 12.7. The van der Waals surface area contributed by atoms with Crippen molar-refractivity contribution in [2.75, 3.05) is 32.9 Å². The maximum atomic E-state index is 12.1. The second-order valence-electron chi connectivity index (χ2n) is 7.33. The van der Waals surface area contributed by atoms with Gasteiger partial charge in [-0.15, -0.1) is 0 Å². The predicted octanol–water partition coefficient (Wildman–Crippen LogP) is 3.70. The molecule has 1 aromatic rings. The van der Waals surface area contributed by atoms with Crippen LogP contribution in [0.15, 0.2) is 12.1 Å². The number of nitrogens with one attached hydrogen (secondary N) is 1. The summed E-state index contributed by atoms with van der Waals surface area (Å²) in [6.07, 6.45) is -0.402. The molecule has 0 fully saturated rings. The van der Waals surface area contributed by atoms with Crippen molar-refractivity contribution < 1.29 is 23.8 Å². The van der Waals surface area contributed by atoms with Crippen LogP contribution in [0.5, 0.6) is 5.75 Å². The summed E-state index contributed by atoms with van der Waals surface area (Å²) in [7, 11) is 0. The zero-order valence-electron chi connectivity index (χ0n) is 17.4. The normalized spacial score (nSPS) is 11.3. The minimum Gasteiger partial charge on any atom is -0.432 e. The van der Waals surface area contributed by atoms with Gasteiger partial charge in [0, 0.05) is 23.9 Å². The lowest BCUT2D eigenvalue weighted by molar-refractivity contribution is -0.118. The van der Waals surface area contributed by atoms with Crippen LogP contribution < -0.4 is 10.1 Å². The van der Waals surface area contributed by atoms with Crippen molar-refractivity contribution in [3.8, 4) is 5.75 Å². The highest BCUT2D eigenvalue weighted by Crippen LogP contribution is 2.39. The van der Waals surface area contributed by atoms with Gasteiger partial charge in [0.05, 0.1) is 13.2 Å². The lowest BCUT2D eigenvalue weighted by Crippen LogP contribution is -2.25. The van der Waals surface area contributed by atoms with E-state index in [1.165, 1.54) is 0 Å². The first-order valence-corrected chi connectivity index (χ1v) is 9.42. The van der Waals surface area contributed by atoms with E-state index < -0.39 is 11.6 Å². The quantitative estimate of drug-likeness (QED) is 0.359. The van der Waals surface area contributed by atoms with Gasteiger partial charge >= 0.3 is 6.16 Å². The number of hydrogen-bond donors (Lipinski definition) is 1. The Kier molecular flexibility index (Phi) is 9.46. The van der Waals surface area contributed by atoms with Crippen LogP contribution in [0, 0.1) is 13.8 Å². The third kappa shape index (κ3) is 7.69. The molecule has 0 saturated heterocycles. The van der Waals surface area contributed by atoms with Gasteiger partial charge in [-0.25, -0.2) is 4.79 Å². The molecule has 0 unspecified atom stereocenters. The van der Waals surface area contributed by atoms with E-state index in [1.807, 2.05) is 46.8 Å². The van der Waals surface area contributed by atoms with Gasteiger partial charge in [-0.2, -0.15) is 0 Å². The number of likely N-dealkylation sites (N-methyl/N-ethyl adjacent to an activating group) is 1. The second-order valence-corrected chi connectivity index (χ2v) is 7.33. The highest BCUT2D eigenvalue weighted by Gasteiger charge is 2.30. The van der Waals surface area contributed by atoms with E-state index in [1.54, 1.807) is 6.92 Å². The maximum absolute atomic E-state index is 12.1. The summed E-state index contributed by atoms with van der Waals surface area (Å²) in [6, 6.07) is 3.87. The summed E-state index contributed by atoms with van der Waals surface area (Å²) in [5.41, 5.74) is 2.21. The number of aryl methyl sites for hydroxylation is 2. The highest BCUT2D eigenvalue weighted by atomic mass is 16.7. The summed E-state index contributed by atoms with van der Waals surface area (Å²) >= 11 is 0. The molecular formula is C21H33NO5. The average Bonchev–Trinajstić information content (AvgIpc) is 2.56. The first kappa shape index (κ1) is 23.1. The smallest absolute Gasteiger partial charge is 0.432 e. The summed E-state index contributed by atoms with van der Waals surface area (Å²) in [5, 5.41) is 3.14. The van der Waals surface area contributed by atoms with Crippen LogP contribution in [-0.2, 0) is 19.7 Å². The molecule has 0 bridgehead atoms. The van der Waals surface area contributed by atoms with Gasteiger partial charge in [0.25, 0.3) is 0 Å². The Morgan fingerprint density at radius 1 is 1.07 bits per heavy atom. The van der Waals surface area contributed by atoms with Crippen LogP contribution in [0.2, 0.25) is 0 Å². The number of ether oxygens (including phenoxy) is 3. The summed E-state index contributed by atoms with van der Waals surface area (Å²) in [4.78, 5) is 23.8. The Morgan fingerprint density at radius 3 is 2.37 bits per heavy atom. The maximum Gasteiger partial charge on any atom is 0.513 e. The van der Waals surface area contributed by atoms with Crippen molar-refractivity contribution in [2.45, 2.75) is 53.4 Å². The van der Waals surface area contributed by atoms with Crippen LogP contribution in [0.1, 0.15) is 50.8 Å². The molecule has 0 atom stereocenters. The van der Waals surface area contributed by atoms with Crippen molar-refractivity contribution in [3.63, 3.8) is 0 Å². The van der Waals surface area contributed by atoms with Crippen LogP contribution in [0.25, 0.3) is 0 Å². The Morgan fingerprint density at radius 2 is 1.74 bits per heavy atom. The number of carbonyl (C=O) groups excluding carboxylic acids is 2. The second kappa shape index (κ2) is 11.0. The fourth-order valence-corrected chi connectivity index (χ4v) is 3.19. The topological polar surface area (TPSA) is 73.9 Å². The summed E-state index contributed by atoms with van der Waals surface area (Å²) in [6.45, 7) is 14.0. The minimum absolute atomic E-state index is 0.0872. The molecule has 1 aromatic carbocycles. The lowest BCUT2D eigenvalue weighted by atomic mass is 9.77. The van der Waals surface area contributed by atoms with Crippen LogP contribution >= 0.6 is 0 Å². The Bertz CT molecular complexity index is 640.